The van der Waals surface area contributed by atoms with E-state index in [9.17, 15) is 14.4 Å². The quantitative estimate of drug-likeness (QED) is 0.458. The molecule has 0 spiro atoms. The summed E-state index contributed by atoms with van der Waals surface area (Å²) in [6.45, 7) is 1.35. The first kappa shape index (κ1) is 20.0. The number of hydrogen-bond donors (Lipinski definition) is 0. The van der Waals surface area contributed by atoms with Crippen LogP contribution >= 0.6 is 0 Å². The van der Waals surface area contributed by atoms with E-state index in [-0.39, 0.29) is 12.2 Å². The van der Waals surface area contributed by atoms with Crippen molar-refractivity contribution in [1.29, 1.82) is 0 Å². The van der Waals surface area contributed by atoms with E-state index in [1.165, 1.54) is 6.92 Å². The molecule has 0 amide bonds. The van der Waals surface area contributed by atoms with E-state index in [1.807, 2.05) is 42.5 Å². The summed E-state index contributed by atoms with van der Waals surface area (Å²) in [6.07, 6.45) is 0. The maximum atomic E-state index is 12.2. The predicted molar refractivity (Wildman–Crippen MR) is 108 cm³/mol. The van der Waals surface area contributed by atoms with Gasteiger partial charge in [-0.1, -0.05) is 60.7 Å². The lowest BCUT2D eigenvalue weighted by atomic mass is 10.0. The SMILES string of the molecule is CC(COC(=O)c1ccc(-c2ccccc2)cc1)C(=O)OC(=O)c1ccccc1. The molecule has 3 rings (SSSR count). The number of rotatable bonds is 6. The smallest absolute Gasteiger partial charge is 0.345 e. The van der Waals surface area contributed by atoms with Gasteiger partial charge in [0.05, 0.1) is 17.0 Å². The fraction of sp³-hybridized carbons (Fsp3) is 0.125. The summed E-state index contributed by atoms with van der Waals surface area (Å²) in [4.78, 5) is 36.2. The highest BCUT2D eigenvalue weighted by Crippen LogP contribution is 2.19. The maximum absolute atomic E-state index is 12.2. The lowest BCUT2D eigenvalue weighted by Gasteiger charge is -2.11. The molecule has 0 aliphatic heterocycles. The largest absolute Gasteiger partial charge is 0.461 e. The molecule has 0 heterocycles. The summed E-state index contributed by atoms with van der Waals surface area (Å²) in [5.41, 5.74) is 2.69. The monoisotopic (exact) mass is 388 g/mol. The predicted octanol–water partition coefficient (Wildman–Crippen LogP) is 4.53. The van der Waals surface area contributed by atoms with Crippen LogP contribution in [0.5, 0.6) is 0 Å². The third kappa shape index (κ3) is 5.39. The van der Waals surface area contributed by atoms with Gasteiger partial charge in [0.1, 0.15) is 6.61 Å². The maximum Gasteiger partial charge on any atom is 0.345 e. The standard InChI is InChI=1S/C24H20O5/c1-17(22(25)29-24(27)20-10-6-3-7-11-20)16-28-23(26)21-14-12-19(13-15-21)18-8-4-2-5-9-18/h2-15,17H,16H2,1H3. The van der Waals surface area contributed by atoms with Crippen LogP contribution < -0.4 is 0 Å². The lowest BCUT2D eigenvalue weighted by Crippen LogP contribution is -2.24. The van der Waals surface area contributed by atoms with Crippen molar-refractivity contribution in [3.8, 4) is 11.1 Å². The Hall–Kier alpha value is -3.73. The van der Waals surface area contributed by atoms with Gasteiger partial charge in [-0.15, -0.1) is 0 Å². The number of ether oxygens (including phenoxy) is 2. The average Bonchev–Trinajstić information content (AvgIpc) is 2.78. The normalized spacial score (nSPS) is 11.3. The Morgan fingerprint density at radius 3 is 1.83 bits per heavy atom. The third-order valence-corrected chi connectivity index (χ3v) is 4.30. The highest BCUT2D eigenvalue weighted by molar-refractivity contribution is 5.97. The van der Waals surface area contributed by atoms with Crippen LogP contribution in [0.4, 0.5) is 0 Å². The number of hydrogen-bond acceptors (Lipinski definition) is 5. The summed E-state index contributed by atoms with van der Waals surface area (Å²) in [5, 5.41) is 0. The van der Waals surface area contributed by atoms with Gasteiger partial charge in [0.15, 0.2) is 0 Å². The van der Waals surface area contributed by atoms with Crippen LogP contribution in [0, 0.1) is 5.92 Å². The van der Waals surface area contributed by atoms with Crippen molar-refractivity contribution >= 4 is 17.9 Å². The summed E-state index contributed by atoms with van der Waals surface area (Å²) in [7, 11) is 0. The van der Waals surface area contributed by atoms with E-state index < -0.39 is 23.8 Å². The van der Waals surface area contributed by atoms with Gasteiger partial charge in [-0.2, -0.15) is 0 Å². The molecule has 3 aromatic rings. The molecule has 0 saturated carbocycles. The van der Waals surface area contributed by atoms with Crippen LogP contribution in [0.15, 0.2) is 84.9 Å². The molecule has 1 atom stereocenters. The van der Waals surface area contributed by atoms with E-state index in [0.717, 1.165) is 11.1 Å². The Kier molecular flexibility index (Phi) is 6.53. The molecule has 29 heavy (non-hydrogen) atoms. The van der Waals surface area contributed by atoms with E-state index in [4.69, 9.17) is 9.47 Å². The van der Waals surface area contributed by atoms with E-state index >= 15 is 0 Å². The van der Waals surface area contributed by atoms with Gasteiger partial charge in [0, 0.05) is 0 Å². The van der Waals surface area contributed by atoms with Gasteiger partial charge in [-0.3, -0.25) is 4.79 Å². The molecule has 0 aliphatic rings. The van der Waals surface area contributed by atoms with Gasteiger partial charge in [0.2, 0.25) is 0 Å². The van der Waals surface area contributed by atoms with Crippen LogP contribution in [0.1, 0.15) is 27.6 Å². The van der Waals surface area contributed by atoms with Gasteiger partial charge in [-0.05, 0) is 42.3 Å². The van der Waals surface area contributed by atoms with Gasteiger partial charge in [-0.25, -0.2) is 9.59 Å². The first-order chi connectivity index (χ1) is 14.0. The number of esters is 3. The molecule has 3 aromatic carbocycles. The van der Waals surface area contributed by atoms with Crippen LogP contribution in [0.25, 0.3) is 11.1 Å². The Morgan fingerprint density at radius 2 is 1.21 bits per heavy atom. The molecule has 0 N–H and O–H groups in total. The lowest BCUT2D eigenvalue weighted by molar-refractivity contribution is -0.143. The first-order valence-corrected chi connectivity index (χ1v) is 9.18. The molecule has 5 heteroatoms. The second-order valence-electron chi connectivity index (χ2n) is 6.52. The summed E-state index contributed by atoms with van der Waals surface area (Å²) >= 11 is 0. The molecule has 146 valence electrons. The van der Waals surface area contributed by atoms with Gasteiger partial charge in [0.25, 0.3) is 0 Å². The summed E-state index contributed by atoms with van der Waals surface area (Å²) in [6, 6.07) is 25.0. The van der Waals surface area contributed by atoms with Crippen LogP contribution in [-0.2, 0) is 14.3 Å². The minimum Gasteiger partial charge on any atom is -0.461 e. The highest BCUT2D eigenvalue weighted by Gasteiger charge is 2.21. The minimum atomic E-state index is -0.768. The van der Waals surface area contributed by atoms with E-state index in [0.29, 0.717) is 5.56 Å². The Labute approximate surface area is 168 Å². The zero-order valence-electron chi connectivity index (χ0n) is 15.9. The van der Waals surface area contributed by atoms with Crippen LogP contribution in [-0.4, -0.2) is 24.5 Å². The molecule has 0 aromatic heterocycles. The second-order valence-corrected chi connectivity index (χ2v) is 6.52. The zero-order valence-corrected chi connectivity index (χ0v) is 15.9. The van der Waals surface area contributed by atoms with Crippen molar-refractivity contribution < 1.29 is 23.9 Å². The second kappa shape index (κ2) is 9.46. The van der Waals surface area contributed by atoms with Crippen molar-refractivity contribution in [2.24, 2.45) is 5.92 Å². The van der Waals surface area contributed by atoms with Crippen molar-refractivity contribution in [2.45, 2.75) is 6.92 Å². The first-order valence-electron chi connectivity index (χ1n) is 9.18. The third-order valence-electron chi connectivity index (χ3n) is 4.30. The highest BCUT2D eigenvalue weighted by atomic mass is 16.6. The summed E-state index contributed by atoms with van der Waals surface area (Å²) in [5.74, 6) is -2.79. The van der Waals surface area contributed by atoms with Crippen molar-refractivity contribution in [3.63, 3.8) is 0 Å². The number of carbonyl (C=O) groups excluding carboxylic acids is 3. The zero-order chi connectivity index (χ0) is 20.6. The molecule has 5 nitrogen and oxygen atoms in total. The van der Waals surface area contributed by atoms with Crippen molar-refractivity contribution in [3.05, 3.63) is 96.1 Å². The topological polar surface area (TPSA) is 69.7 Å². The molecular formula is C24H20O5. The Bertz CT molecular complexity index is 979. The Morgan fingerprint density at radius 1 is 0.690 bits per heavy atom. The van der Waals surface area contributed by atoms with Crippen molar-refractivity contribution in [1.82, 2.24) is 0 Å². The Balaban J connectivity index is 1.52. The molecular weight excluding hydrogens is 368 g/mol. The van der Waals surface area contributed by atoms with Crippen molar-refractivity contribution in [2.75, 3.05) is 6.61 Å². The molecule has 0 bridgehead atoms. The minimum absolute atomic E-state index is 0.180. The molecule has 1 unspecified atom stereocenters. The van der Waals surface area contributed by atoms with E-state index in [1.54, 1.807) is 42.5 Å². The number of benzene rings is 3. The molecule has 0 saturated heterocycles. The van der Waals surface area contributed by atoms with E-state index in [2.05, 4.69) is 0 Å². The van der Waals surface area contributed by atoms with Gasteiger partial charge < -0.3 is 9.47 Å². The summed E-state index contributed by atoms with van der Waals surface area (Å²) < 4.78 is 10.0. The molecule has 0 aliphatic carbocycles. The molecule has 0 fully saturated rings. The fourth-order valence-electron chi connectivity index (χ4n) is 2.61. The number of carbonyl (C=O) groups is 3. The van der Waals surface area contributed by atoms with Crippen LogP contribution in [0.3, 0.4) is 0 Å². The van der Waals surface area contributed by atoms with Crippen LogP contribution in [0.2, 0.25) is 0 Å². The average molecular weight is 388 g/mol. The molecule has 0 radical (unpaired) electrons. The van der Waals surface area contributed by atoms with Gasteiger partial charge >= 0.3 is 17.9 Å². The fourth-order valence-corrected chi connectivity index (χ4v) is 2.61.